The maximum Gasteiger partial charge on any atom is 0.309 e. The van der Waals surface area contributed by atoms with Gasteiger partial charge in [-0.25, -0.2) is 0 Å². The van der Waals surface area contributed by atoms with Gasteiger partial charge in [-0.2, -0.15) is 0 Å². The van der Waals surface area contributed by atoms with E-state index in [1.807, 2.05) is 0 Å². The lowest BCUT2D eigenvalue weighted by atomic mass is 9.75. The van der Waals surface area contributed by atoms with E-state index in [0.717, 1.165) is 0 Å². The van der Waals surface area contributed by atoms with Crippen molar-refractivity contribution >= 4 is 5.97 Å². The van der Waals surface area contributed by atoms with Crippen molar-refractivity contribution in [3.63, 3.8) is 0 Å². The molecular weight excluding hydrogens is 156 g/mol. The fourth-order valence-corrected chi connectivity index (χ4v) is 1.65. The maximum atomic E-state index is 10.8. The predicted octanol–water partition coefficient (Wildman–Crippen LogP) is 1.38. The van der Waals surface area contributed by atoms with E-state index in [1.165, 1.54) is 0 Å². The molecular formula is C9H16O3. The van der Waals surface area contributed by atoms with Gasteiger partial charge in [0.15, 0.2) is 0 Å². The van der Waals surface area contributed by atoms with Gasteiger partial charge in [0.1, 0.15) is 0 Å². The van der Waals surface area contributed by atoms with Gasteiger partial charge in [-0.15, -0.1) is 0 Å². The van der Waals surface area contributed by atoms with E-state index in [-0.39, 0.29) is 17.3 Å². The Hall–Kier alpha value is -0.570. The highest BCUT2D eigenvalue weighted by Gasteiger charge is 2.40. The largest absolute Gasteiger partial charge is 0.481 e. The van der Waals surface area contributed by atoms with Crippen LogP contribution in [0.5, 0.6) is 0 Å². The van der Waals surface area contributed by atoms with E-state index < -0.39 is 5.97 Å². The Morgan fingerprint density at radius 2 is 2.00 bits per heavy atom. The molecule has 2 atom stereocenters. The second kappa shape index (κ2) is 3.05. The molecule has 70 valence electrons. The van der Waals surface area contributed by atoms with Crippen molar-refractivity contribution in [1.29, 1.82) is 0 Å². The quantitative estimate of drug-likeness (QED) is 0.650. The molecule has 0 radical (unpaired) electrons. The lowest BCUT2D eigenvalue weighted by molar-refractivity contribution is -0.143. The molecule has 0 aliphatic carbocycles. The first kappa shape index (κ1) is 9.52. The van der Waals surface area contributed by atoms with Crippen molar-refractivity contribution in [2.75, 3.05) is 13.2 Å². The van der Waals surface area contributed by atoms with Crippen LogP contribution in [0.3, 0.4) is 0 Å². The maximum absolute atomic E-state index is 10.8. The molecule has 0 bridgehead atoms. The summed E-state index contributed by atoms with van der Waals surface area (Å²) in [5, 5.41) is 8.87. The molecule has 3 heteroatoms. The van der Waals surface area contributed by atoms with E-state index in [0.29, 0.717) is 13.2 Å². The molecule has 0 saturated carbocycles. The number of carbonyl (C=O) groups is 1. The van der Waals surface area contributed by atoms with Crippen LogP contribution in [-0.4, -0.2) is 24.3 Å². The van der Waals surface area contributed by atoms with E-state index in [4.69, 9.17) is 9.84 Å². The highest BCUT2D eigenvalue weighted by molar-refractivity contribution is 5.71. The predicted molar refractivity (Wildman–Crippen MR) is 44.9 cm³/mol. The number of hydrogen-bond donors (Lipinski definition) is 1. The van der Waals surface area contributed by atoms with E-state index in [2.05, 4.69) is 20.8 Å². The molecule has 3 nitrogen and oxygen atoms in total. The molecule has 1 aliphatic rings. The SMILES string of the molecule is CC(C)(C)C1COCC1C(=O)O. The summed E-state index contributed by atoms with van der Waals surface area (Å²) in [5.41, 5.74) is 0.0273. The molecule has 0 amide bonds. The molecule has 12 heavy (non-hydrogen) atoms. The van der Waals surface area contributed by atoms with Gasteiger partial charge in [-0.1, -0.05) is 20.8 Å². The summed E-state index contributed by atoms with van der Waals surface area (Å²) in [4.78, 5) is 10.8. The van der Waals surface area contributed by atoms with Gasteiger partial charge in [0, 0.05) is 5.92 Å². The Balaban J connectivity index is 2.71. The van der Waals surface area contributed by atoms with Crippen LogP contribution in [0.1, 0.15) is 20.8 Å². The summed E-state index contributed by atoms with van der Waals surface area (Å²) < 4.78 is 5.18. The summed E-state index contributed by atoms with van der Waals surface area (Å²) >= 11 is 0. The molecule has 1 fully saturated rings. The minimum absolute atomic E-state index is 0.0273. The molecule has 2 unspecified atom stereocenters. The summed E-state index contributed by atoms with van der Waals surface area (Å²) in [6, 6.07) is 0. The summed E-state index contributed by atoms with van der Waals surface area (Å²) in [7, 11) is 0. The molecule has 0 aromatic rings. The first-order valence-corrected chi connectivity index (χ1v) is 4.23. The third-order valence-corrected chi connectivity index (χ3v) is 2.51. The Morgan fingerprint density at radius 1 is 1.42 bits per heavy atom. The first-order chi connectivity index (χ1) is 5.43. The number of carboxylic acids is 1. The number of rotatable bonds is 1. The van der Waals surface area contributed by atoms with E-state index in [9.17, 15) is 4.79 Å². The van der Waals surface area contributed by atoms with Crippen molar-refractivity contribution in [3.05, 3.63) is 0 Å². The van der Waals surface area contributed by atoms with Gasteiger partial charge in [-0.3, -0.25) is 4.79 Å². The Kier molecular flexibility index (Phi) is 2.42. The molecule has 1 heterocycles. The standard InChI is InChI=1S/C9H16O3/c1-9(2,3)7-5-12-4-6(7)8(10)11/h6-7H,4-5H2,1-3H3,(H,10,11). The summed E-state index contributed by atoms with van der Waals surface area (Å²) in [6.07, 6.45) is 0. The van der Waals surface area contributed by atoms with E-state index >= 15 is 0 Å². The van der Waals surface area contributed by atoms with Gasteiger partial charge in [-0.05, 0) is 5.41 Å². The zero-order chi connectivity index (χ0) is 9.35. The fourth-order valence-electron chi connectivity index (χ4n) is 1.65. The van der Waals surface area contributed by atoms with Crippen LogP contribution in [0.2, 0.25) is 0 Å². The molecule has 1 N–H and O–H groups in total. The van der Waals surface area contributed by atoms with Crippen LogP contribution in [0.4, 0.5) is 0 Å². The van der Waals surface area contributed by atoms with Gasteiger partial charge >= 0.3 is 5.97 Å². The Bertz CT molecular complexity index is 181. The van der Waals surface area contributed by atoms with Crippen LogP contribution in [0.15, 0.2) is 0 Å². The van der Waals surface area contributed by atoms with Gasteiger partial charge in [0.05, 0.1) is 19.1 Å². The zero-order valence-corrected chi connectivity index (χ0v) is 7.83. The molecule has 0 spiro atoms. The minimum Gasteiger partial charge on any atom is -0.481 e. The lowest BCUT2D eigenvalue weighted by Crippen LogP contribution is -2.31. The molecule has 1 saturated heterocycles. The van der Waals surface area contributed by atoms with Crippen molar-refractivity contribution < 1.29 is 14.6 Å². The Labute approximate surface area is 72.7 Å². The third kappa shape index (κ3) is 1.78. The minimum atomic E-state index is -0.729. The van der Waals surface area contributed by atoms with Crippen LogP contribution in [0.25, 0.3) is 0 Å². The zero-order valence-electron chi connectivity index (χ0n) is 7.83. The molecule has 0 aromatic heterocycles. The second-order valence-electron chi connectivity index (χ2n) is 4.45. The number of aliphatic carboxylic acids is 1. The normalized spacial score (nSPS) is 30.6. The van der Waals surface area contributed by atoms with Crippen LogP contribution >= 0.6 is 0 Å². The topological polar surface area (TPSA) is 46.5 Å². The fraction of sp³-hybridized carbons (Fsp3) is 0.889. The van der Waals surface area contributed by atoms with Crippen molar-refractivity contribution in [2.45, 2.75) is 20.8 Å². The van der Waals surface area contributed by atoms with Crippen LogP contribution in [-0.2, 0) is 9.53 Å². The number of carboxylic acid groups (broad SMARTS) is 1. The lowest BCUT2D eigenvalue weighted by Gasteiger charge is -2.28. The average Bonchev–Trinajstić information content (AvgIpc) is 2.30. The van der Waals surface area contributed by atoms with E-state index in [1.54, 1.807) is 0 Å². The Morgan fingerprint density at radius 3 is 2.33 bits per heavy atom. The van der Waals surface area contributed by atoms with Crippen LogP contribution < -0.4 is 0 Å². The average molecular weight is 172 g/mol. The molecule has 1 aliphatic heterocycles. The monoisotopic (exact) mass is 172 g/mol. The first-order valence-electron chi connectivity index (χ1n) is 4.23. The molecule has 0 aromatic carbocycles. The second-order valence-corrected chi connectivity index (χ2v) is 4.45. The highest BCUT2D eigenvalue weighted by atomic mass is 16.5. The van der Waals surface area contributed by atoms with Crippen LogP contribution in [0, 0.1) is 17.3 Å². The van der Waals surface area contributed by atoms with Crippen molar-refractivity contribution in [1.82, 2.24) is 0 Å². The molecule has 1 rings (SSSR count). The number of ether oxygens (including phenoxy) is 1. The third-order valence-electron chi connectivity index (χ3n) is 2.51. The van der Waals surface area contributed by atoms with Crippen molar-refractivity contribution in [3.8, 4) is 0 Å². The highest BCUT2D eigenvalue weighted by Crippen LogP contribution is 2.36. The van der Waals surface area contributed by atoms with Crippen molar-refractivity contribution in [2.24, 2.45) is 17.3 Å². The van der Waals surface area contributed by atoms with Gasteiger partial charge in [0.25, 0.3) is 0 Å². The summed E-state index contributed by atoms with van der Waals surface area (Å²) in [5.74, 6) is -0.896. The van der Waals surface area contributed by atoms with Gasteiger partial charge in [0.2, 0.25) is 0 Å². The number of hydrogen-bond acceptors (Lipinski definition) is 2. The van der Waals surface area contributed by atoms with Gasteiger partial charge < -0.3 is 9.84 Å². The summed E-state index contributed by atoms with van der Waals surface area (Å²) in [6.45, 7) is 7.13. The smallest absolute Gasteiger partial charge is 0.309 e.